The van der Waals surface area contributed by atoms with Crippen LogP contribution in [-0.4, -0.2) is 11.1 Å². The molecule has 0 bridgehead atoms. The number of rotatable bonds is 3. The minimum atomic E-state index is -0.755. The van der Waals surface area contributed by atoms with E-state index in [1.165, 1.54) is 12.1 Å². The van der Waals surface area contributed by atoms with Crippen LogP contribution in [0.3, 0.4) is 0 Å². The van der Waals surface area contributed by atoms with Crippen LogP contribution in [0.25, 0.3) is 0 Å². The van der Waals surface area contributed by atoms with Crippen molar-refractivity contribution in [2.45, 2.75) is 44.9 Å². The number of halogens is 2. The summed E-state index contributed by atoms with van der Waals surface area (Å²) in [6, 6.07) is 4.20. The number of carboxylic acids is 1. The van der Waals surface area contributed by atoms with Crippen LogP contribution < -0.4 is 0 Å². The maximum atomic E-state index is 13.0. The Balaban J connectivity index is 2.27. The van der Waals surface area contributed by atoms with Crippen LogP contribution in [-0.2, 0) is 11.2 Å². The Labute approximate surface area is 117 Å². The maximum absolute atomic E-state index is 13.0. The normalized spacial score (nSPS) is 18.8. The summed E-state index contributed by atoms with van der Waals surface area (Å²) >= 11 is 6.02. The van der Waals surface area contributed by atoms with E-state index in [-0.39, 0.29) is 5.82 Å². The van der Waals surface area contributed by atoms with E-state index in [0.717, 1.165) is 31.2 Å². The Kier molecular flexibility index (Phi) is 4.46. The van der Waals surface area contributed by atoms with Gasteiger partial charge >= 0.3 is 5.97 Å². The lowest BCUT2D eigenvalue weighted by molar-refractivity contribution is -0.149. The van der Waals surface area contributed by atoms with Crippen LogP contribution >= 0.6 is 11.6 Å². The molecular weight excluding hydrogens is 267 g/mol. The summed E-state index contributed by atoms with van der Waals surface area (Å²) < 4.78 is 13.0. The SMILES string of the molecule is O=C(O)C1(Cc2ccc(F)cc2Cl)CCCCCC1. The highest BCUT2D eigenvalue weighted by Crippen LogP contribution is 2.39. The van der Waals surface area contributed by atoms with Crippen LogP contribution in [0.4, 0.5) is 4.39 Å². The van der Waals surface area contributed by atoms with Gasteiger partial charge in [0.1, 0.15) is 5.82 Å². The second-order valence-electron chi connectivity index (χ2n) is 5.41. The summed E-state index contributed by atoms with van der Waals surface area (Å²) in [4.78, 5) is 11.7. The van der Waals surface area contributed by atoms with Crippen molar-refractivity contribution in [1.29, 1.82) is 0 Å². The summed E-state index contributed by atoms with van der Waals surface area (Å²) in [5, 5.41) is 9.93. The van der Waals surface area contributed by atoms with Crippen molar-refractivity contribution in [2.24, 2.45) is 5.41 Å². The first-order valence-electron chi connectivity index (χ1n) is 6.71. The molecular formula is C15H18ClFO2. The number of carbonyl (C=O) groups is 1. The maximum Gasteiger partial charge on any atom is 0.309 e. The second kappa shape index (κ2) is 5.91. The fraction of sp³-hybridized carbons (Fsp3) is 0.533. The summed E-state index contributed by atoms with van der Waals surface area (Å²) in [5.74, 6) is -1.14. The zero-order chi connectivity index (χ0) is 13.9. The van der Waals surface area contributed by atoms with E-state index in [4.69, 9.17) is 11.6 Å². The van der Waals surface area contributed by atoms with E-state index in [0.29, 0.717) is 24.3 Å². The molecule has 1 aliphatic carbocycles. The highest BCUT2D eigenvalue weighted by molar-refractivity contribution is 6.31. The standard InChI is InChI=1S/C15H18ClFO2/c16-13-9-12(17)6-5-11(13)10-15(14(18)19)7-3-1-2-4-8-15/h5-6,9H,1-4,7-8,10H2,(H,18,19). The molecule has 1 N–H and O–H groups in total. The van der Waals surface area contributed by atoms with Gasteiger partial charge in [0.2, 0.25) is 0 Å². The van der Waals surface area contributed by atoms with Gasteiger partial charge in [0.15, 0.2) is 0 Å². The molecule has 0 unspecified atom stereocenters. The summed E-state index contributed by atoms with van der Waals surface area (Å²) in [7, 11) is 0. The Morgan fingerprint density at radius 1 is 1.26 bits per heavy atom. The van der Waals surface area contributed by atoms with Crippen LogP contribution in [0.15, 0.2) is 18.2 Å². The van der Waals surface area contributed by atoms with Gasteiger partial charge in [-0.15, -0.1) is 0 Å². The molecule has 0 radical (unpaired) electrons. The molecule has 0 saturated heterocycles. The van der Waals surface area contributed by atoms with Gasteiger partial charge < -0.3 is 5.11 Å². The average molecular weight is 285 g/mol. The van der Waals surface area contributed by atoms with E-state index in [1.807, 2.05) is 0 Å². The Morgan fingerprint density at radius 3 is 2.42 bits per heavy atom. The van der Waals surface area contributed by atoms with Crippen LogP contribution in [0.2, 0.25) is 5.02 Å². The number of hydrogen-bond acceptors (Lipinski definition) is 1. The molecule has 0 atom stereocenters. The Bertz CT molecular complexity index is 465. The number of carboxylic acid groups (broad SMARTS) is 1. The topological polar surface area (TPSA) is 37.3 Å². The molecule has 104 valence electrons. The molecule has 0 amide bonds. The third-order valence-corrected chi connectivity index (χ3v) is 4.41. The zero-order valence-corrected chi connectivity index (χ0v) is 11.5. The summed E-state index contributed by atoms with van der Waals surface area (Å²) in [5.41, 5.74) is -0.00908. The predicted molar refractivity (Wildman–Crippen MR) is 72.9 cm³/mol. The smallest absolute Gasteiger partial charge is 0.309 e. The minimum absolute atomic E-state index is 0.324. The van der Waals surface area contributed by atoms with E-state index in [2.05, 4.69) is 0 Å². The fourth-order valence-corrected chi connectivity index (χ4v) is 3.14. The molecule has 0 spiro atoms. The average Bonchev–Trinajstić information content (AvgIpc) is 2.59. The van der Waals surface area contributed by atoms with Crippen molar-refractivity contribution in [2.75, 3.05) is 0 Å². The predicted octanol–water partition coefficient (Wildman–Crippen LogP) is 4.45. The largest absolute Gasteiger partial charge is 0.481 e. The molecule has 2 nitrogen and oxygen atoms in total. The molecule has 1 fully saturated rings. The summed E-state index contributed by atoms with van der Waals surface area (Å²) in [6.45, 7) is 0. The Hall–Kier alpha value is -1.09. The Morgan fingerprint density at radius 2 is 1.89 bits per heavy atom. The van der Waals surface area contributed by atoms with E-state index < -0.39 is 11.4 Å². The van der Waals surface area contributed by atoms with Crippen molar-refractivity contribution in [3.63, 3.8) is 0 Å². The zero-order valence-electron chi connectivity index (χ0n) is 10.8. The lowest BCUT2D eigenvalue weighted by atomic mass is 9.75. The highest BCUT2D eigenvalue weighted by Gasteiger charge is 2.39. The molecule has 0 aliphatic heterocycles. The van der Waals surface area contributed by atoms with Gasteiger partial charge in [-0.2, -0.15) is 0 Å². The molecule has 0 heterocycles. The van der Waals surface area contributed by atoms with E-state index >= 15 is 0 Å². The number of benzene rings is 1. The first kappa shape index (κ1) is 14.3. The minimum Gasteiger partial charge on any atom is -0.481 e. The molecule has 0 aromatic heterocycles. The van der Waals surface area contributed by atoms with Crippen molar-refractivity contribution >= 4 is 17.6 Å². The lowest BCUT2D eigenvalue weighted by Gasteiger charge is -2.28. The molecule has 1 saturated carbocycles. The molecule has 1 aliphatic rings. The first-order chi connectivity index (χ1) is 9.03. The van der Waals surface area contributed by atoms with Gasteiger partial charge in [0.25, 0.3) is 0 Å². The van der Waals surface area contributed by atoms with E-state index in [1.54, 1.807) is 6.07 Å². The van der Waals surface area contributed by atoms with Crippen molar-refractivity contribution < 1.29 is 14.3 Å². The van der Waals surface area contributed by atoms with E-state index in [9.17, 15) is 14.3 Å². The molecule has 1 aromatic carbocycles. The molecule has 1 aromatic rings. The molecule has 4 heteroatoms. The molecule has 19 heavy (non-hydrogen) atoms. The quantitative estimate of drug-likeness (QED) is 0.833. The van der Waals surface area contributed by atoms with Crippen molar-refractivity contribution in [3.8, 4) is 0 Å². The van der Waals surface area contributed by atoms with Gasteiger partial charge in [-0.05, 0) is 37.0 Å². The second-order valence-corrected chi connectivity index (χ2v) is 5.82. The number of hydrogen-bond donors (Lipinski definition) is 1. The van der Waals surface area contributed by atoms with Crippen LogP contribution in [0.5, 0.6) is 0 Å². The molecule has 2 rings (SSSR count). The highest BCUT2D eigenvalue weighted by atomic mass is 35.5. The monoisotopic (exact) mass is 284 g/mol. The van der Waals surface area contributed by atoms with Gasteiger partial charge in [-0.25, -0.2) is 4.39 Å². The summed E-state index contributed by atoms with van der Waals surface area (Å²) in [6.07, 6.45) is 5.79. The van der Waals surface area contributed by atoms with Gasteiger partial charge in [-0.3, -0.25) is 4.79 Å². The lowest BCUT2D eigenvalue weighted by Crippen LogP contribution is -2.33. The number of aliphatic carboxylic acids is 1. The van der Waals surface area contributed by atoms with Crippen molar-refractivity contribution in [1.82, 2.24) is 0 Å². The van der Waals surface area contributed by atoms with Gasteiger partial charge in [-0.1, -0.05) is 43.4 Å². The first-order valence-corrected chi connectivity index (χ1v) is 7.09. The van der Waals surface area contributed by atoms with Gasteiger partial charge in [0, 0.05) is 5.02 Å². The van der Waals surface area contributed by atoms with Crippen LogP contribution in [0, 0.1) is 11.2 Å². The fourth-order valence-electron chi connectivity index (χ4n) is 2.90. The van der Waals surface area contributed by atoms with Crippen molar-refractivity contribution in [3.05, 3.63) is 34.6 Å². The van der Waals surface area contributed by atoms with Gasteiger partial charge in [0.05, 0.1) is 5.41 Å². The van der Waals surface area contributed by atoms with Crippen LogP contribution in [0.1, 0.15) is 44.1 Å². The third-order valence-electron chi connectivity index (χ3n) is 4.06. The third kappa shape index (κ3) is 3.27.